The van der Waals surface area contributed by atoms with Gasteiger partial charge in [0.15, 0.2) is 6.33 Å². The third kappa shape index (κ3) is 4.68. The highest BCUT2D eigenvalue weighted by Crippen LogP contribution is 2.34. The van der Waals surface area contributed by atoms with Crippen molar-refractivity contribution in [2.45, 2.75) is 12.7 Å². The summed E-state index contributed by atoms with van der Waals surface area (Å²) in [6, 6.07) is 9.58. The van der Waals surface area contributed by atoms with E-state index in [-0.39, 0.29) is 24.0 Å². The van der Waals surface area contributed by atoms with Crippen molar-refractivity contribution in [3.05, 3.63) is 84.3 Å². The molecule has 0 aliphatic heterocycles. The van der Waals surface area contributed by atoms with Crippen molar-refractivity contribution >= 4 is 22.6 Å². The van der Waals surface area contributed by atoms with E-state index in [9.17, 15) is 22.4 Å². The number of carbonyl (C=O) groups excluding carboxylic acids is 1. The molecule has 0 saturated heterocycles. The molecule has 0 aliphatic carbocycles. The number of anilines is 1. The average Bonchev–Trinajstić information content (AvgIpc) is 3.47. The molecule has 0 atom stereocenters. The molecule has 0 fully saturated rings. The number of halogens is 4. The number of ether oxygens (including phenoxy) is 1. The number of rotatable bonds is 5. The first-order valence-corrected chi connectivity index (χ1v) is 10.2. The van der Waals surface area contributed by atoms with Gasteiger partial charge in [0.1, 0.15) is 12.1 Å². The smallest absolute Gasteiger partial charge is 0.419 e. The van der Waals surface area contributed by atoms with Gasteiger partial charge in [-0.25, -0.2) is 23.7 Å². The Morgan fingerprint density at radius 1 is 1.06 bits per heavy atom. The Kier molecular flexibility index (Phi) is 5.76. The van der Waals surface area contributed by atoms with Crippen molar-refractivity contribution in [2.24, 2.45) is 0 Å². The maximum atomic E-state index is 13.7. The van der Waals surface area contributed by atoms with Gasteiger partial charge in [0.05, 0.1) is 17.6 Å². The topological polar surface area (TPSA) is 113 Å². The Hall–Kier alpha value is -4.88. The first-order valence-electron chi connectivity index (χ1n) is 10.2. The average molecular weight is 498 g/mol. The molecule has 3 aromatic heterocycles. The number of aromatic nitrogens is 7. The molecule has 36 heavy (non-hydrogen) atoms. The molecule has 14 heteroatoms. The Morgan fingerprint density at radius 2 is 1.92 bits per heavy atom. The van der Waals surface area contributed by atoms with E-state index in [4.69, 9.17) is 4.74 Å². The van der Waals surface area contributed by atoms with Gasteiger partial charge in [-0.3, -0.25) is 0 Å². The second-order valence-corrected chi connectivity index (χ2v) is 7.45. The van der Waals surface area contributed by atoms with Crippen LogP contribution in [0.25, 0.3) is 10.9 Å². The van der Waals surface area contributed by atoms with E-state index in [2.05, 4.69) is 30.7 Å². The number of nitrogens with one attached hydrogen (secondary N) is 1. The predicted molar refractivity (Wildman–Crippen MR) is 117 cm³/mol. The van der Waals surface area contributed by atoms with Gasteiger partial charge in [0, 0.05) is 29.4 Å². The molecule has 5 rings (SSSR count). The number of carbonyl (C=O) groups is 1. The van der Waals surface area contributed by atoms with E-state index in [1.807, 2.05) is 0 Å². The minimum Gasteiger partial charge on any atom is -0.422 e. The molecule has 5 aromatic rings. The van der Waals surface area contributed by atoms with Gasteiger partial charge in [0.25, 0.3) is 0 Å². The Bertz CT molecular complexity index is 1540. The van der Waals surface area contributed by atoms with Crippen molar-refractivity contribution in [1.82, 2.24) is 34.7 Å². The van der Waals surface area contributed by atoms with Crippen LogP contribution in [0.1, 0.15) is 11.1 Å². The Morgan fingerprint density at radius 3 is 2.64 bits per heavy atom. The quantitative estimate of drug-likeness (QED) is 0.355. The fourth-order valence-electron chi connectivity index (χ4n) is 3.47. The lowest BCUT2D eigenvalue weighted by Gasteiger charge is -2.13. The summed E-state index contributed by atoms with van der Waals surface area (Å²) in [6.07, 6.45) is -0.963. The number of alkyl halides is 3. The van der Waals surface area contributed by atoms with Gasteiger partial charge in [0.2, 0.25) is 11.8 Å². The predicted octanol–water partition coefficient (Wildman–Crippen LogP) is 4.50. The molecule has 10 nitrogen and oxygen atoms in total. The number of tetrazole rings is 1. The van der Waals surface area contributed by atoms with Gasteiger partial charge >= 0.3 is 12.2 Å². The van der Waals surface area contributed by atoms with Gasteiger partial charge in [-0.15, -0.1) is 10.2 Å². The number of nitrogens with zero attached hydrogens (tertiary/aromatic N) is 7. The molecule has 3 heterocycles. The van der Waals surface area contributed by atoms with Crippen molar-refractivity contribution in [3.63, 3.8) is 0 Å². The van der Waals surface area contributed by atoms with Gasteiger partial charge in [-0.1, -0.05) is 12.1 Å². The maximum Gasteiger partial charge on any atom is 0.419 e. The number of hydrogen-bond donors (Lipinski definition) is 1. The Balaban J connectivity index is 1.55. The van der Waals surface area contributed by atoms with E-state index in [1.165, 1.54) is 29.7 Å². The Labute approximate surface area is 199 Å². The van der Waals surface area contributed by atoms with Crippen LogP contribution < -0.4 is 10.1 Å². The highest BCUT2D eigenvalue weighted by Gasteiger charge is 2.34. The molecule has 0 bridgehead atoms. The summed E-state index contributed by atoms with van der Waals surface area (Å²) in [7, 11) is 0. The number of hydrogen-bond acceptors (Lipinski definition) is 7. The molecule has 0 radical (unpaired) electrons. The third-order valence-corrected chi connectivity index (χ3v) is 5.04. The zero-order valence-corrected chi connectivity index (χ0v) is 18.0. The van der Waals surface area contributed by atoms with Crippen molar-refractivity contribution < 1.29 is 27.1 Å². The molecule has 0 saturated carbocycles. The van der Waals surface area contributed by atoms with E-state index in [0.29, 0.717) is 28.6 Å². The molecular weight excluding hydrogens is 484 g/mol. The van der Waals surface area contributed by atoms with Crippen LogP contribution in [-0.2, 0) is 12.7 Å². The van der Waals surface area contributed by atoms with E-state index in [1.54, 1.807) is 24.3 Å². The summed E-state index contributed by atoms with van der Waals surface area (Å²) in [6.45, 7) is 0.248. The number of amides is 1. The summed E-state index contributed by atoms with van der Waals surface area (Å²) >= 11 is 0. The molecule has 0 spiro atoms. The van der Waals surface area contributed by atoms with Crippen LogP contribution in [0.15, 0.2) is 67.4 Å². The first-order chi connectivity index (χ1) is 17.3. The van der Waals surface area contributed by atoms with Gasteiger partial charge in [-0.2, -0.15) is 18.0 Å². The lowest BCUT2D eigenvalue weighted by molar-refractivity contribution is -0.139. The summed E-state index contributed by atoms with van der Waals surface area (Å²) in [5, 5.41) is 14.4. The molecule has 0 aliphatic rings. The zero-order valence-electron chi connectivity index (χ0n) is 18.0. The third-order valence-electron chi connectivity index (χ3n) is 5.04. The summed E-state index contributed by atoms with van der Waals surface area (Å²) < 4.78 is 60.0. The minimum absolute atomic E-state index is 0.0374. The fourth-order valence-corrected chi connectivity index (χ4v) is 3.47. The second kappa shape index (κ2) is 9.05. The zero-order chi connectivity index (χ0) is 25.3. The standard InChI is InChI=1S/C22H14F4N8O2/c23-17-4-3-15(9-16(17)22(24,25)26)31-21(35)34-18-7-13(10-33-30-12-29-32-33)1-2-14(18)8-20(34)36-19-5-6-27-11-28-19/h1-9,11-12H,10H2,(H,31,35). The van der Waals surface area contributed by atoms with E-state index >= 15 is 0 Å². The van der Waals surface area contributed by atoms with Crippen molar-refractivity contribution in [1.29, 1.82) is 0 Å². The fraction of sp³-hybridized carbons (Fsp3) is 0.0909. The first kappa shape index (κ1) is 22.9. The number of fused-ring (bicyclic) bond motifs is 1. The highest BCUT2D eigenvalue weighted by atomic mass is 19.4. The van der Waals surface area contributed by atoms with Crippen molar-refractivity contribution in [3.8, 4) is 11.8 Å². The van der Waals surface area contributed by atoms with Crippen LogP contribution in [0.3, 0.4) is 0 Å². The van der Waals surface area contributed by atoms with Crippen LogP contribution in [0.2, 0.25) is 0 Å². The van der Waals surface area contributed by atoms with Crippen LogP contribution in [0, 0.1) is 5.82 Å². The number of benzene rings is 2. The van der Waals surface area contributed by atoms with Crippen LogP contribution in [0.5, 0.6) is 11.8 Å². The van der Waals surface area contributed by atoms with Crippen LogP contribution in [0.4, 0.5) is 28.0 Å². The normalized spacial score (nSPS) is 11.6. The molecular formula is C22H14F4N8O2. The lowest BCUT2D eigenvalue weighted by Crippen LogP contribution is -2.20. The lowest BCUT2D eigenvalue weighted by atomic mass is 10.1. The molecule has 182 valence electrons. The largest absolute Gasteiger partial charge is 0.422 e. The van der Waals surface area contributed by atoms with E-state index in [0.717, 1.165) is 10.6 Å². The molecule has 0 unspecified atom stereocenters. The van der Waals surface area contributed by atoms with E-state index < -0.39 is 23.6 Å². The van der Waals surface area contributed by atoms with Gasteiger partial charge < -0.3 is 10.1 Å². The monoisotopic (exact) mass is 498 g/mol. The maximum absolute atomic E-state index is 13.7. The van der Waals surface area contributed by atoms with Crippen LogP contribution in [-0.4, -0.2) is 40.8 Å². The summed E-state index contributed by atoms with van der Waals surface area (Å²) in [5.74, 6) is -1.28. The second-order valence-electron chi connectivity index (χ2n) is 7.45. The van der Waals surface area contributed by atoms with Gasteiger partial charge in [-0.05, 0) is 35.0 Å². The minimum atomic E-state index is -4.93. The van der Waals surface area contributed by atoms with Crippen molar-refractivity contribution in [2.75, 3.05) is 5.32 Å². The SMILES string of the molecule is O=C(Nc1ccc(F)c(C(F)(F)F)c1)n1c(Oc2ccncn2)cc2ccc(Cn3ncnn3)cc21. The molecule has 1 N–H and O–H groups in total. The molecule has 1 amide bonds. The summed E-state index contributed by atoms with van der Waals surface area (Å²) in [4.78, 5) is 22.4. The molecule has 2 aromatic carbocycles. The highest BCUT2D eigenvalue weighted by molar-refractivity contribution is 6.00. The van der Waals surface area contributed by atoms with Crippen LogP contribution >= 0.6 is 0 Å². The summed E-state index contributed by atoms with van der Waals surface area (Å²) in [5.41, 5.74) is -0.668.